The lowest BCUT2D eigenvalue weighted by Crippen LogP contribution is -2.32. The van der Waals surface area contributed by atoms with E-state index >= 15 is 0 Å². The predicted octanol–water partition coefficient (Wildman–Crippen LogP) is 3.37. The molecule has 108 valence electrons. The quantitative estimate of drug-likeness (QED) is 0.661. The van der Waals surface area contributed by atoms with Gasteiger partial charge >= 0.3 is 0 Å². The lowest BCUT2D eigenvalue weighted by atomic mass is 10.1. The number of carbonyl (C=O) groups excluding carboxylic acids is 1. The van der Waals surface area contributed by atoms with Crippen LogP contribution in [0, 0.1) is 10.1 Å². The molecule has 0 saturated carbocycles. The molecule has 1 aromatic carbocycles. The lowest BCUT2D eigenvalue weighted by Gasteiger charge is -2.21. The van der Waals surface area contributed by atoms with Crippen LogP contribution in [-0.2, 0) is 0 Å². The second-order valence-corrected chi connectivity index (χ2v) is 6.88. The van der Waals surface area contributed by atoms with Crippen molar-refractivity contribution < 1.29 is 9.72 Å². The van der Waals surface area contributed by atoms with Gasteiger partial charge in [0.2, 0.25) is 0 Å². The van der Waals surface area contributed by atoms with Gasteiger partial charge in [0.25, 0.3) is 11.6 Å². The molecule has 0 bridgehead atoms. The Kier molecular flexibility index (Phi) is 5.42. The monoisotopic (exact) mass is 358 g/mol. The van der Waals surface area contributed by atoms with Crippen LogP contribution in [0.15, 0.2) is 22.7 Å². The molecule has 1 saturated heterocycles. The zero-order valence-electron chi connectivity index (χ0n) is 10.8. The van der Waals surface area contributed by atoms with E-state index in [9.17, 15) is 14.9 Å². The molecule has 1 heterocycles. The van der Waals surface area contributed by atoms with Gasteiger partial charge in [0.05, 0.1) is 10.5 Å². The Balaban J connectivity index is 2.00. The topological polar surface area (TPSA) is 72.2 Å². The van der Waals surface area contributed by atoms with Gasteiger partial charge in [-0.1, -0.05) is 6.42 Å². The van der Waals surface area contributed by atoms with Gasteiger partial charge in [0.15, 0.2) is 0 Å². The Labute approximate surface area is 129 Å². The summed E-state index contributed by atoms with van der Waals surface area (Å²) >= 11 is 5.14. The summed E-state index contributed by atoms with van der Waals surface area (Å²) in [4.78, 5) is 22.4. The summed E-state index contributed by atoms with van der Waals surface area (Å²) in [6, 6.07) is 4.20. The Morgan fingerprint density at radius 1 is 1.50 bits per heavy atom. The smallest absolute Gasteiger partial charge is 0.270 e. The van der Waals surface area contributed by atoms with E-state index in [1.165, 1.54) is 31.0 Å². The number of non-ortho nitro benzene ring substituents is 1. The number of nitro groups is 1. The van der Waals surface area contributed by atoms with Gasteiger partial charge in [-0.05, 0) is 40.6 Å². The van der Waals surface area contributed by atoms with Crippen molar-refractivity contribution in [2.45, 2.75) is 24.5 Å². The Hall–Kier alpha value is -1.08. The van der Waals surface area contributed by atoms with E-state index in [1.54, 1.807) is 0 Å². The maximum absolute atomic E-state index is 12.1. The van der Waals surface area contributed by atoms with Gasteiger partial charge in [-0.3, -0.25) is 14.9 Å². The van der Waals surface area contributed by atoms with Gasteiger partial charge < -0.3 is 5.32 Å². The lowest BCUT2D eigenvalue weighted by molar-refractivity contribution is -0.384. The number of rotatable bonds is 4. The van der Waals surface area contributed by atoms with E-state index in [4.69, 9.17) is 0 Å². The minimum atomic E-state index is -0.500. The number of hydrogen-bond donors (Lipinski definition) is 1. The van der Waals surface area contributed by atoms with Crippen LogP contribution < -0.4 is 5.32 Å². The highest BCUT2D eigenvalue weighted by atomic mass is 79.9. The zero-order valence-corrected chi connectivity index (χ0v) is 13.2. The van der Waals surface area contributed by atoms with Crippen LogP contribution >= 0.6 is 27.7 Å². The number of nitrogens with one attached hydrogen (secondary N) is 1. The molecule has 0 spiro atoms. The number of amides is 1. The zero-order chi connectivity index (χ0) is 14.5. The second kappa shape index (κ2) is 7.08. The van der Waals surface area contributed by atoms with E-state index in [1.807, 2.05) is 11.8 Å². The first-order valence-electron chi connectivity index (χ1n) is 6.41. The summed E-state index contributed by atoms with van der Waals surface area (Å²) in [7, 11) is 0. The Morgan fingerprint density at radius 2 is 2.30 bits per heavy atom. The summed E-state index contributed by atoms with van der Waals surface area (Å²) in [5, 5.41) is 14.1. The van der Waals surface area contributed by atoms with Crippen LogP contribution in [0.1, 0.15) is 29.6 Å². The number of carbonyl (C=O) groups is 1. The first kappa shape index (κ1) is 15.3. The number of nitrogens with zero attached hydrogens (tertiary/aromatic N) is 1. The first-order valence-corrected chi connectivity index (χ1v) is 8.26. The van der Waals surface area contributed by atoms with E-state index in [-0.39, 0.29) is 11.6 Å². The number of benzene rings is 1. The average molecular weight is 359 g/mol. The normalized spacial score (nSPS) is 18.6. The third-order valence-corrected chi connectivity index (χ3v) is 5.26. The molecule has 2 rings (SSSR count). The molecule has 5 nitrogen and oxygen atoms in total. The van der Waals surface area contributed by atoms with Crippen molar-refractivity contribution >= 4 is 39.3 Å². The molecule has 1 aliphatic rings. The fourth-order valence-corrected chi connectivity index (χ4v) is 3.74. The molecular formula is C13H15BrN2O3S. The molecule has 7 heteroatoms. The molecule has 1 amide bonds. The van der Waals surface area contributed by atoms with Crippen LogP contribution in [0.2, 0.25) is 0 Å². The molecule has 20 heavy (non-hydrogen) atoms. The van der Waals surface area contributed by atoms with Crippen LogP contribution in [0.3, 0.4) is 0 Å². The van der Waals surface area contributed by atoms with E-state index in [0.717, 1.165) is 12.2 Å². The van der Waals surface area contributed by atoms with Crippen molar-refractivity contribution in [3.05, 3.63) is 38.3 Å². The van der Waals surface area contributed by atoms with Crippen molar-refractivity contribution in [2.24, 2.45) is 0 Å². The molecule has 1 N–H and O–H groups in total. The largest absolute Gasteiger partial charge is 0.351 e. The van der Waals surface area contributed by atoms with Crippen molar-refractivity contribution in [1.29, 1.82) is 0 Å². The maximum atomic E-state index is 12.1. The molecule has 0 radical (unpaired) electrons. The summed E-state index contributed by atoms with van der Waals surface area (Å²) in [5.41, 5.74) is 0.227. The number of nitro benzene ring substituents is 1. The Morgan fingerprint density at radius 3 is 2.95 bits per heavy atom. The third kappa shape index (κ3) is 3.96. The van der Waals surface area contributed by atoms with Crippen LogP contribution in [-0.4, -0.2) is 28.4 Å². The highest BCUT2D eigenvalue weighted by Gasteiger charge is 2.18. The highest BCUT2D eigenvalue weighted by molar-refractivity contribution is 9.10. The van der Waals surface area contributed by atoms with Crippen molar-refractivity contribution in [3.8, 4) is 0 Å². The van der Waals surface area contributed by atoms with Crippen LogP contribution in [0.4, 0.5) is 5.69 Å². The van der Waals surface area contributed by atoms with Gasteiger partial charge in [-0.15, -0.1) is 0 Å². The third-order valence-electron chi connectivity index (χ3n) is 3.17. The SMILES string of the molecule is O=C(NCC1CCCCS1)c1cc([N+](=O)[O-])ccc1Br. The van der Waals surface area contributed by atoms with E-state index < -0.39 is 4.92 Å². The second-order valence-electron chi connectivity index (χ2n) is 4.62. The Bertz CT molecular complexity index is 518. The van der Waals surface area contributed by atoms with Crippen molar-refractivity contribution in [3.63, 3.8) is 0 Å². The minimum absolute atomic E-state index is 0.0783. The summed E-state index contributed by atoms with van der Waals surface area (Å²) in [6.07, 6.45) is 3.56. The molecule has 1 aliphatic heterocycles. The first-order chi connectivity index (χ1) is 9.58. The highest BCUT2D eigenvalue weighted by Crippen LogP contribution is 2.25. The van der Waals surface area contributed by atoms with Gasteiger partial charge in [0.1, 0.15) is 0 Å². The van der Waals surface area contributed by atoms with E-state index in [0.29, 0.717) is 21.8 Å². The van der Waals surface area contributed by atoms with E-state index in [2.05, 4.69) is 21.2 Å². The average Bonchev–Trinajstić information content (AvgIpc) is 2.46. The number of hydrogen-bond acceptors (Lipinski definition) is 4. The van der Waals surface area contributed by atoms with Crippen molar-refractivity contribution in [2.75, 3.05) is 12.3 Å². The summed E-state index contributed by atoms with van der Waals surface area (Å²) in [6.45, 7) is 0.610. The predicted molar refractivity (Wildman–Crippen MR) is 83.2 cm³/mol. The molecule has 1 fully saturated rings. The number of thioether (sulfide) groups is 1. The molecule has 1 aromatic rings. The molecule has 0 aromatic heterocycles. The molecular weight excluding hydrogens is 344 g/mol. The standard InChI is InChI=1S/C13H15BrN2O3S/c14-12-5-4-9(16(18)19)7-11(12)13(17)15-8-10-3-1-2-6-20-10/h4-5,7,10H,1-3,6,8H2,(H,15,17). The van der Waals surface area contributed by atoms with Crippen LogP contribution in [0.5, 0.6) is 0 Å². The van der Waals surface area contributed by atoms with Gasteiger partial charge in [0, 0.05) is 28.4 Å². The number of halogens is 1. The minimum Gasteiger partial charge on any atom is -0.351 e. The fourth-order valence-electron chi connectivity index (χ4n) is 2.07. The van der Waals surface area contributed by atoms with Gasteiger partial charge in [-0.25, -0.2) is 0 Å². The fraction of sp³-hybridized carbons (Fsp3) is 0.462. The van der Waals surface area contributed by atoms with Gasteiger partial charge in [-0.2, -0.15) is 11.8 Å². The molecule has 1 atom stereocenters. The summed E-state index contributed by atoms with van der Waals surface area (Å²) < 4.78 is 0.567. The van der Waals surface area contributed by atoms with Crippen molar-refractivity contribution in [1.82, 2.24) is 5.32 Å². The van der Waals surface area contributed by atoms with Crippen LogP contribution in [0.25, 0.3) is 0 Å². The summed E-state index contributed by atoms with van der Waals surface area (Å²) in [5.74, 6) is 0.868. The maximum Gasteiger partial charge on any atom is 0.270 e. The molecule has 0 aliphatic carbocycles. The molecule has 1 unspecified atom stereocenters.